The van der Waals surface area contributed by atoms with Crippen LogP contribution in [0.5, 0.6) is 0 Å². The van der Waals surface area contributed by atoms with Gasteiger partial charge >= 0.3 is 0 Å². The SMILES string of the molecule is Cc1ccc(NC(=S)Nc2ccccc2F)cc1S(=O)(=O)Nc1ccccc1. The van der Waals surface area contributed by atoms with Crippen molar-refractivity contribution in [3.8, 4) is 0 Å². The van der Waals surface area contributed by atoms with Crippen molar-refractivity contribution in [2.75, 3.05) is 15.4 Å². The molecule has 0 amide bonds. The lowest BCUT2D eigenvalue weighted by Crippen LogP contribution is -2.20. The minimum absolute atomic E-state index is 0.120. The van der Waals surface area contributed by atoms with Crippen molar-refractivity contribution in [2.24, 2.45) is 0 Å². The Bertz CT molecular complexity index is 1100. The predicted octanol–water partition coefficient (Wildman–Crippen LogP) is 4.74. The molecule has 0 fully saturated rings. The van der Waals surface area contributed by atoms with E-state index in [1.807, 2.05) is 0 Å². The Kier molecular flexibility index (Phi) is 5.91. The molecule has 0 unspecified atom stereocenters. The number of halogens is 1. The van der Waals surface area contributed by atoms with Gasteiger partial charge in [0.15, 0.2) is 5.11 Å². The van der Waals surface area contributed by atoms with Crippen molar-refractivity contribution in [2.45, 2.75) is 11.8 Å². The lowest BCUT2D eigenvalue weighted by atomic mass is 10.2. The van der Waals surface area contributed by atoms with E-state index in [2.05, 4.69) is 15.4 Å². The number of hydrogen-bond donors (Lipinski definition) is 3. The van der Waals surface area contributed by atoms with Crippen LogP contribution in [-0.4, -0.2) is 13.5 Å². The van der Waals surface area contributed by atoms with Crippen molar-refractivity contribution in [1.82, 2.24) is 0 Å². The summed E-state index contributed by atoms with van der Waals surface area (Å²) in [6, 6.07) is 19.6. The van der Waals surface area contributed by atoms with Gasteiger partial charge in [-0.25, -0.2) is 12.8 Å². The molecule has 0 aromatic heterocycles. The largest absolute Gasteiger partial charge is 0.332 e. The van der Waals surface area contributed by atoms with Crippen LogP contribution in [-0.2, 0) is 10.0 Å². The number of sulfonamides is 1. The Morgan fingerprint density at radius 1 is 0.893 bits per heavy atom. The van der Waals surface area contributed by atoms with Crippen molar-refractivity contribution in [3.05, 3.63) is 84.2 Å². The van der Waals surface area contributed by atoms with Crippen LogP contribution in [0.3, 0.4) is 0 Å². The molecule has 0 saturated heterocycles. The number of benzene rings is 3. The molecule has 0 aliphatic heterocycles. The molecule has 0 bridgehead atoms. The average molecular weight is 416 g/mol. The maximum absolute atomic E-state index is 13.7. The molecule has 3 aromatic rings. The minimum Gasteiger partial charge on any atom is -0.332 e. The van der Waals surface area contributed by atoms with Crippen LogP contribution in [0, 0.1) is 12.7 Å². The highest BCUT2D eigenvalue weighted by Crippen LogP contribution is 2.23. The van der Waals surface area contributed by atoms with Crippen molar-refractivity contribution in [3.63, 3.8) is 0 Å². The molecule has 0 aliphatic rings. The van der Waals surface area contributed by atoms with E-state index >= 15 is 0 Å². The fourth-order valence-electron chi connectivity index (χ4n) is 2.53. The number of thiocarbonyl (C=S) groups is 1. The van der Waals surface area contributed by atoms with E-state index < -0.39 is 15.8 Å². The van der Waals surface area contributed by atoms with Gasteiger partial charge in [-0.1, -0.05) is 36.4 Å². The van der Waals surface area contributed by atoms with Crippen molar-refractivity contribution >= 4 is 44.4 Å². The minimum atomic E-state index is -3.78. The highest BCUT2D eigenvalue weighted by atomic mass is 32.2. The van der Waals surface area contributed by atoms with Gasteiger partial charge in [0, 0.05) is 11.4 Å². The monoisotopic (exact) mass is 415 g/mol. The molecule has 28 heavy (non-hydrogen) atoms. The Labute approximate surface area is 168 Å². The van der Waals surface area contributed by atoms with Crippen LogP contribution in [0.25, 0.3) is 0 Å². The first-order valence-electron chi connectivity index (χ1n) is 8.36. The van der Waals surface area contributed by atoms with Gasteiger partial charge in [-0.15, -0.1) is 0 Å². The molecule has 0 saturated carbocycles. The van der Waals surface area contributed by atoms with Gasteiger partial charge in [0.05, 0.1) is 10.6 Å². The third-order valence-electron chi connectivity index (χ3n) is 3.88. The zero-order valence-electron chi connectivity index (χ0n) is 14.9. The summed E-state index contributed by atoms with van der Waals surface area (Å²) in [6.07, 6.45) is 0. The zero-order valence-corrected chi connectivity index (χ0v) is 16.6. The van der Waals surface area contributed by atoms with E-state index in [0.717, 1.165) is 0 Å². The molecular formula is C20H18FN3O2S2. The number of hydrogen-bond acceptors (Lipinski definition) is 3. The number of para-hydroxylation sites is 2. The van der Waals surface area contributed by atoms with Gasteiger partial charge in [0.1, 0.15) is 5.82 Å². The second-order valence-corrected chi connectivity index (χ2v) is 8.07. The first-order valence-corrected chi connectivity index (χ1v) is 10.3. The molecule has 8 heteroatoms. The Morgan fingerprint density at radius 3 is 2.29 bits per heavy atom. The summed E-state index contributed by atoms with van der Waals surface area (Å²) < 4.78 is 41.8. The molecule has 0 atom stereocenters. The normalized spacial score (nSPS) is 10.9. The second kappa shape index (κ2) is 8.37. The lowest BCUT2D eigenvalue weighted by molar-refractivity contribution is 0.600. The summed E-state index contributed by atoms with van der Waals surface area (Å²) in [5, 5.41) is 5.78. The quantitative estimate of drug-likeness (QED) is 0.525. The number of anilines is 3. The van der Waals surface area contributed by atoms with Crippen LogP contribution >= 0.6 is 12.2 Å². The van der Waals surface area contributed by atoms with E-state index in [0.29, 0.717) is 16.9 Å². The average Bonchev–Trinajstić information content (AvgIpc) is 2.65. The first kappa shape index (κ1) is 19.8. The third-order valence-corrected chi connectivity index (χ3v) is 5.61. The number of rotatable bonds is 5. The topological polar surface area (TPSA) is 70.2 Å². The fourth-order valence-corrected chi connectivity index (χ4v) is 4.09. The molecule has 144 valence electrons. The highest BCUT2D eigenvalue weighted by Gasteiger charge is 2.18. The van der Waals surface area contributed by atoms with Gasteiger partial charge in [-0.05, 0) is 61.1 Å². The van der Waals surface area contributed by atoms with Crippen LogP contribution in [0.4, 0.5) is 21.5 Å². The zero-order chi connectivity index (χ0) is 20.1. The summed E-state index contributed by atoms with van der Waals surface area (Å²) in [4.78, 5) is 0.120. The molecule has 0 heterocycles. The first-order chi connectivity index (χ1) is 13.3. The molecule has 0 aliphatic carbocycles. The van der Waals surface area contributed by atoms with Gasteiger partial charge in [0.2, 0.25) is 0 Å². The van der Waals surface area contributed by atoms with Gasteiger partial charge < -0.3 is 10.6 Å². The molecular weight excluding hydrogens is 397 g/mol. The van der Waals surface area contributed by atoms with E-state index in [1.165, 1.54) is 12.1 Å². The van der Waals surface area contributed by atoms with Gasteiger partial charge in [-0.3, -0.25) is 4.72 Å². The molecule has 3 N–H and O–H groups in total. The highest BCUT2D eigenvalue weighted by molar-refractivity contribution is 7.92. The summed E-state index contributed by atoms with van der Waals surface area (Å²) in [7, 11) is -3.78. The smallest absolute Gasteiger partial charge is 0.262 e. The van der Waals surface area contributed by atoms with Gasteiger partial charge in [0.25, 0.3) is 10.0 Å². The maximum atomic E-state index is 13.7. The van der Waals surface area contributed by atoms with Crippen LogP contribution < -0.4 is 15.4 Å². The van der Waals surface area contributed by atoms with Crippen molar-refractivity contribution in [1.29, 1.82) is 0 Å². The fraction of sp³-hybridized carbons (Fsp3) is 0.0500. The standard InChI is InChI=1S/C20H18FN3O2S2/c1-14-11-12-16(22-20(27)23-18-10-6-5-9-17(18)21)13-19(14)28(25,26)24-15-7-3-2-4-8-15/h2-13,24H,1H3,(H2,22,23,27). The number of nitrogens with one attached hydrogen (secondary N) is 3. The van der Waals surface area contributed by atoms with Crippen molar-refractivity contribution < 1.29 is 12.8 Å². The summed E-state index contributed by atoms with van der Waals surface area (Å²) in [6.45, 7) is 1.71. The maximum Gasteiger partial charge on any atom is 0.262 e. The summed E-state index contributed by atoms with van der Waals surface area (Å²) >= 11 is 5.20. The lowest BCUT2D eigenvalue weighted by Gasteiger charge is -2.14. The third kappa shape index (κ3) is 4.85. The van der Waals surface area contributed by atoms with Crippen LogP contribution in [0.2, 0.25) is 0 Å². The number of aryl methyl sites for hydroxylation is 1. The van der Waals surface area contributed by atoms with Crippen LogP contribution in [0.1, 0.15) is 5.56 Å². The van der Waals surface area contributed by atoms with E-state index in [4.69, 9.17) is 12.2 Å². The summed E-state index contributed by atoms with van der Waals surface area (Å²) in [5.41, 5.74) is 1.75. The predicted molar refractivity (Wildman–Crippen MR) is 115 cm³/mol. The molecule has 3 rings (SSSR count). The summed E-state index contributed by atoms with van der Waals surface area (Å²) in [5.74, 6) is -0.439. The Hall–Kier alpha value is -2.97. The van der Waals surface area contributed by atoms with E-state index in [-0.39, 0.29) is 15.7 Å². The Morgan fingerprint density at radius 2 is 1.57 bits per heavy atom. The van der Waals surface area contributed by atoms with Crippen LogP contribution in [0.15, 0.2) is 77.7 Å². The molecule has 3 aromatic carbocycles. The molecule has 5 nitrogen and oxygen atoms in total. The Balaban J connectivity index is 1.79. The molecule has 0 radical (unpaired) electrons. The molecule has 0 spiro atoms. The van der Waals surface area contributed by atoms with E-state index in [1.54, 1.807) is 67.6 Å². The van der Waals surface area contributed by atoms with Gasteiger partial charge in [-0.2, -0.15) is 0 Å². The van der Waals surface area contributed by atoms with E-state index in [9.17, 15) is 12.8 Å². The second-order valence-electron chi connectivity index (χ2n) is 6.01.